The molecule has 0 saturated carbocycles. The number of anilines is 1. The summed E-state index contributed by atoms with van der Waals surface area (Å²) in [5.74, 6) is -2.21. The van der Waals surface area contributed by atoms with Gasteiger partial charge >= 0.3 is 5.97 Å². The molecule has 1 aromatic carbocycles. The Hall–Kier alpha value is -2.42. The highest BCUT2D eigenvalue weighted by Crippen LogP contribution is 2.20. The lowest BCUT2D eigenvalue weighted by atomic mass is 10.2. The van der Waals surface area contributed by atoms with Gasteiger partial charge in [-0.1, -0.05) is 0 Å². The Balaban J connectivity index is 2.42. The van der Waals surface area contributed by atoms with Crippen LogP contribution in [0.1, 0.15) is 10.4 Å². The molecule has 2 rings (SSSR count). The number of carboxylic acids is 1. The van der Waals surface area contributed by atoms with Crippen LogP contribution in [0.3, 0.4) is 0 Å². The van der Waals surface area contributed by atoms with Gasteiger partial charge in [0.05, 0.1) is 17.4 Å². The molecular formula is C10H8FN3O4S. The highest BCUT2D eigenvalue weighted by atomic mass is 32.2. The summed E-state index contributed by atoms with van der Waals surface area (Å²) in [5, 5.41) is 14.7. The van der Waals surface area contributed by atoms with Gasteiger partial charge in [-0.3, -0.25) is 9.82 Å². The van der Waals surface area contributed by atoms with E-state index in [-0.39, 0.29) is 10.6 Å². The quantitative estimate of drug-likeness (QED) is 0.777. The number of H-pyrrole nitrogens is 1. The highest BCUT2D eigenvalue weighted by Gasteiger charge is 2.19. The van der Waals surface area contributed by atoms with E-state index in [1.807, 2.05) is 0 Å². The molecule has 2 aromatic rings. The Bertz CT molecular complexity index is 712. The lowest BCUT2D eigenvalue weighted by Crippen LogP contribution is -2.15. The molecule has 0 bridgehead atoms. The number of hydrogen-bond acceptors (Lipinski definition) is 4. The third-order valence-corrected chi connectivity index (χ3v) is 3.57. The Morgan fingerprint density at radius 2 is 2.16 bits per heavy atom. The van der Waals surface area contributed by atoms with E-state index in [4.69, 9.17) is 5.11 Å². The van der Waals surface area contributed by atoms with Gasteiger partial charge in [0.15, 0.2) is 0 Å². The van der Waals surface area contributed by atoms with Crippen LogP contribution in [-0.2, 0) is 10.0 Å². The molecule has 0 fully saturated rings. The number of aromatic amines is 1. The van der Waals surface area contributed by atoms with Gasteiger partial charge in [0.25, 0.3) is 10.0 Å². The largest absolute Gasteiger partial charge is 0.478 e. The van der Waals surface area contributed by atoms with E-state index in [1.165, 1.54) is 0 Å². The van der Waals surface area contributed by atoms with Crippen LogP contribution < -0.4 is 4.72 Å². The van der Waals surface area contributed by atoms with Gasteiger partial charge in [0, 0.05) is 6.20 Å². The van der Waals surface area contributed by atoms with Crippen molar-refractivity contribution in [1.82, 2.24) is 10.2 Å². The maximum absolute atomic E-state index is 13.0. The molecule has 3 N–H and O–H groups in total. The summed E-state index contributed by atoms with van der Waals surface area (Å²) < 4.78 is 38.8. The molecule has 0 unspecified atom stereocenters. The molecule has 7 nitrogen and oxygen atoms in total. The highest BCUT2D eigenvalue weighted by molar-refractivity contribution is 7.92. The summed E-state index contributed by atoms with van der Waals surface area (Å²) in [6.45, 7) is 0. The van der Waals surface area contributed by atoms with E-state index in [0.717, 1.165) is 30.6 Å². The number of halogens is 1. The Labute approximate surface area is 107 Å². The molecule has 0 atom stereocenters. The maximum Gasteiger partial charge on any atom is 0.337 e. The SMILES string of the molecule is O=C(O)c1cc(F)ccc1NS(=O)(=O)c1cn[nH]c1. The van der Waals surface area contributed by atoms with Gasteiger partial charge in [0.1, 0.15) is 10.7 Å². The third kappa shape index (κ3) is 2.71. The van der Waals surface area contributed by atoms with E-state index in [0.29, 0.717) is 0 Å². The molecule has 0 spiro atoms. The summed E-state index contributed by atoms with van der Waals surface area (Å²) in [6.07, 6.45) is 2.19. The summed E-state index contributed by atoms with van der Waals surface area (Å²) in [4.78, 5) is 10.8. The number of nitrogens with zero attached hydrogens (tertiary/aromatic N) is 1. The summed E-state index contributed by atoms with van der Waals surface area (Å²) in [6, 6.07) is 2.73. The topological polar surface area (TPSA) is 112 Å². The summed E-state index contributed by atoms with van der Waals surface area (Å²) in [7, 11) is -3.97. The zero-order valence-corrected chi connectivity index (χ0v) is 10.1. The molecule has 0 aliphatic rings. The van der Waals surface area contributed by atoms with E-state index in [1.54, 1.807) is 0 Å². The second-order valence-electron chi connectivity index (χ2n) is 3.53. The van der Waals surface area contributed by atoms with Crippen LogP contribution in [0.5, 0.6) is 0 Å². The van der Waals surface area contributed by atoms with Gasteiger partial charge in [0.2, 0.25) is 0 Å². The first-order chi connectivity index (χ1) is 8.90. The van der Waals surface area contributed by atoms with Crippen LogP contribution in [0.4, 0.5) is 10.1 Å². The van der Waals surface area contributed by atoms with Crippen molar-refractivity contribution in [3.05, 3.63) is 42.0 Å². The molecule has 100 valence electrons. The van der Waals surface area contributed by atoms with Gasteiger partial charge < -0.3 is 5.11 Å². The van der Waals surface area contributed by atoms with Gasteiger partial charge in [-0.05, 0) is 18.2 Å². The molecule has 0 saturated heterocycles. The fraction of sp³-hybridized carbons (Fsp3) is 0. The Kier molecular flexibility index (Phi) is 3.21. The smallest absolute Gasteiger partial charge is 0.337 e. The van der Waals surface area contributed by atoms with E-state index in [9.17, 15) is 17.6 Å². The minimum Gasteiger partial charge on any atom is -0.478 e. The molecule has 1 aromatic heterocycles. The van der Waals surface area contributed by atoms with Crippen LogP contribution in [-0.4, -0.2) is 29.7 Å². The van der Waals surface area contributed by atoms with Crippen LogP contribution in [0.2, 0.25) is 0 Å². The molecule has 1 heterocycles. The number of hydrogen-bond donors (Lipinski definition) is 3. The van der Waals surface area contributed by atoms with E-state index < -0.39 is 27.4 Å². The number of aromatic carboxylic acids is 1. The number of benzene rings is 1. The number of nitrogens with one attached hydrogen (secondary N) is 2. The Morgan fingerprint density at radius 1 is 1.42 bits per heavy atom. The molecule has 9 heteroatoms. The second-order valence-corrected chi connectivity index (χ2v) is 5.22. The molecular weight excluding hydrogens is 277 g/mol. The summed E-state index contributed by atoms with van der Waals surface area (Å²) in [5.41, 5.74) is -0.706. The van der Waals surface area contributed by atoms with Crippen LogP contribution >= 0.6 is 0 Å². The van der Waals surface area contributed by atoms with Crippen molar-refractivity contribution >= 4 is 21.7 Å². The van der Waals surface area contributed by atoms with Crippen molar-refractivity contribution in [3.63, 3.8) is 0 Å². The Morgan fingerprint density at radius 3 is 2.74 bits per heavy atom. The van der Waals surface area contributed by atoms with Crippen LogP contribution in [0.25, 0.3) is 0 Å². The van der Waals surface area contributed by atoms with Crippen molar-refractivity contribution in [1.29, 1.82) is 0 Å². The zero-order valence-electron chi connectivity index (χ0n) is 9.29. The van der Waals surface area contributed by atoms with Crippen molar-refractivity contribution in [2.75, 3.05) is 4.72 Å². The average molecular weight is 285 g/mol. The zero-order chi connectivity index (χ0) is 14.0. The normalized spacial score (nSPS) is 11.2. The standard InChI is InChI=1S/C10H8FN3O4S/c11-6-1-2-9(8(3-6)10(15)16)14-19(17,18)7-4-12-13-5-7/h1-5,14H,(H,12,13)(H,15,16). The van der Waals surface area contributed by atoms with Crippen LogP contribution in [0, 0.1) is 5.82 Å². The first-order valence-electron chi connectivity index (χ1n) is 4.94. The van der Waals surface area contributed by atoms with E-state index in [2.05, 4.69) is 14.9 Å². The minimum atomic E-state index is -3.97. The van der Waals surface area contributed by atoms with Crippen molar-refractivity contribution in [2.24, 2.45) is 0 Å². The third-order valence-electron chi connectivity index (χ3n) is 2.24. The van der Waals surface area contributed by atoms with E-state index >= 15 is 0 Å². The monoisotopic (exact) mass is 285 g/mol. The second kappa shape index (κ2) is 4.69. The lowest BCUT2D eigenvalue weighted by molar-refractivity contribution is 0.0697. The molecule has 0 aliphatic carbocycles. The van der Waals surface area contributed by atoms with Crippen molar-refractivity contribution in [2.45, 2.75) is 4.90 Å². The number of aromatic nitrogens is 2. The number of carboxylic acid groups (broad SMARTS) is 1. The number of rotatable bonds is 4. The van der Waals surface area contributed by atoms with Crippen LogP contribution in [0.15, 0.2) is 35.5 Å². The molecule has 0 amide bonds. The molecule has 19 heavy (non-hydrogen) atoms. The van der Waals surface area contributed by atoms with Gasteiger partial charge in [-0.15, -0.1) is 0 Å². The number of carbonyl (C=O) groups is 1. The predicted octanol–water partition coefficient (Wildman–Crippen LogP) is 1.05. The maximum atomic E-state index is 13.0. The first kappa shape index (κ1) is 13.0. The number of sulfonamides is 1. The molecule has 0 radical (unpaired) electrons. The summed E-state index contributed by atoms with van der Waals surface area (Å²) >= 11 is 0. The molecule has 0 aliphatic heterocycles. The predicted molar refractivity (Wildman–Crippen MR) is 62.8 cm³/mol. The van der Waals surface area contributed by atoms with Crippen molar-refractivity contribution < 1.29 is 22.7 Å². The fourth-order valence-electron chi connectivity index (χ4n) is 1.37. The van der Waals surface area contributed by atoms with Gasteiger partial charge in [-0.25, -0.2) is 17.6 Å². The average Bonchev–Trinajstić information content (AvgIpc) is 2.85. The lowest BCUT2D eigenvalue weighted by Gasteiger charge is -2.09. The van der Waals surface area contributed by atoms with Crippen molar-refractivity contribution in [3.8, 4) is 0 Å². The van der Waals surface area contributed by atoms with Gasteiger partial charge in [-0.2, -0.15) is 5.10 Å². The fourth-order valence-corrected chi connectivity index (χ4v) is 2.36. The minimum absolute atomic E-state index is 0.159. The first-order valence-corrected chi connectivity index (χ1v) is 6.43.